The molecular weight excluding hydrogens is 370 g/mol. The molecular formula is C19H22ClN3O4. The Morgan fingerprint density at radius 2 is 1.93 bits per heavy atom. The van der Waals surface area contributed by atoms with Crippen molar-refractivity contribution < 1.29 is 14.3 Å². The minimum absolute atomic E-state index is 0. The second-order valence-electron chi connectivity index (χ2n) is 6.58. The number of benzene rings is 1. The SMILES string of the molecule is Cc1ccn(-c2ccc3c(c2)OCO3)c(=O)c1C(=O)NC1CCNCC1.Cl. The van der Waals surface area contributed by atoms with Crippen molar-refractivity contribution in [2.45, 2.75) is 25.8 Å². The molecule has 2 aliphatic heterocycles. The van der Waals surface area contributed by atoms with E-state index >= 15 is 0 Å². The Balaban J connectivity index is 0.00000210. The molecule has 1 amide bonds. The molecule has 0 saturated carbocycles. The van der Waals surface area contributed by atoms with Gasteiger partial charge in [-0.25, -0.2) is 0 Å². The van der Waals surface area contributed by atoms with Crippen molar-refractivity contribution >= 4 is 18.3 Å². The van der Waals surface area contributed by atoms with Crippen molar-refractivity contribution in [2.24, 2.45) is 0 Å². The number of carbonyl (C=O) groups is 1. The highest BCUT2D eigenvalue weighted by Gasteiger charge is 2.22. The molecule has 1 aromatic heterocycles. The first-order valence-electron chi connectivity index (χ1n) is 8.77. The third kappa shape index (κ3) is 3.79. The van der Waals surface area contributed by atoms with E-state index in [9.17, 15) is 9.59 Å². The van der Waals surface area contributed by atoms with Crippen LogP contribution in [0.2, 0.25) is 0 Å². The highest BCUT2D eigenvalue weighted by molar-refractivity contribution is 5.95. The van der Waals surface area contributed by atoms with E-state index in [-0.39, 0.29) is 42.3 Å². The first-order valence-corrected chi connectivity index (χ1v) is 8.77. The van der Waals surface area contributed by atoms with Gasteiger partial charge in [0, 0.05) is 18.3 Å². The molecule has 27 heavy (non-hydrogen) atoms. The number of pyridine rings is 1. The highest BCUT2D eigenvalue weighted by Crippen LogP contribution is 2.33. The maximum atomic E-state index is 13.0. The largest absolute Gasteiger partial charge is 0.454 e. The van der Waals surface area contributed by atoms with Crippen LogP contribution in [-0.2, 0) is 0 Å². The van der Waals surface area contributed by atoms with Crippen LogP contribution in [-0.4, -0.2) is 36.4 Å². The number of aromatic nitrogens is 1. The van der Waals surface area contributed by atoms with Gasteiger partial charge in [-0.15, -0.1) is 12.4 Å². The fourth-order valence-corrected chi connectivity index (χ4v) is 3.36. The molecule has 0 aliphatic carbocycles. The molecule has 0 radical (unpaired) electrons. The molecule has 2 aromatic rings. The zero-order chi connectivity index (χ0) is 18.1. The lowest BCUT2D eigenvalue weighted by Crippen LogP contribution is -2.44. The summed E-state index contributed by atoms with van der Waals surface area (Å²) in [6.07, 6.45) is 3.42. The third-order valence-corrected chi connectivity index (χ3v) is 4.84. The maximum absolute atomic E-state index is 13.0. The smallest absolute Gasteiger partial charge is 0.268 e. The van der Waals surface area contributed by atoms with Gasteiger partial charge in [0.2, 0.25) is 6.79 Å². The highest BCUT2D eigenvalue weighted by atomic mass is 35.5. The summed E-state index contributed by atoms with van der Waals surface area (Å²) in [5.41, 5.74) is 1.15. The van der Waals surface area contributed by atoms with Crippen LogP contribution in [0.15, 0.2) is 35.3 Å². The van der Waals surface area contributed by atoms with E-state index in [0.717, 1.165) is 25.9 Å². The third-order valence-electron chi connectivity index (χ3n) is 4.84. The Morgan fingerprint density at radius 1 is 1.19 bits per heavy atom. The quantitative estimate of drug-likeness (QED) is 0.833. The van der Waals surface area contributed by atoms with Gasteiger partial charge in [0.05, 0.1) is 5.69 Å². The monoisotopic (exact) mass is 391 g/mol. The number of halogens is 1. The van der Waals surface area contributed by atoms with Crippen LogP contribution in [0.4, 0.5) is 0 Å². The summed E-state index contributed by atoms with van der Waals surface area (Å²) in [4.78, 5) is 25.7. The number of hydrogen-bond acceptors (Lipinski definition) is 5. The summed E-state index contributed by atoms with van der Waals surface area (Å²) in [7, 11) is 0. The summed E-state index contributed by atoms with van der Waals surface area (Å²) in [5.74, 6) is 0.933. The minimum Gasteiger partial charge on any atom is -0.454 e. The standard InChI is InChI=1S/C19H21N3O4.ClH/c1-12-6-9-22(14-2-3-15-16(10-14)26-11-25-15)19(24)17(12)18(23)21-13-4-7-20-8-5-13;/h2-3,6,9-10,13,20H,4-5,7-8,11H2,1H3,(H,21,23);1H. The first kappa shape index (κ1) is 19.3. The van der Waals surface area contributed by atoms with Crippen molar-refractivity contribution in [2.75, 3.05) is 19.9 Å². The number of amides is 1. The molecule has 1 saturated heterocycles. The molecule has 0 spiro atoms. The van der Waals surface area contributed by atoms with Crippen LogP contribution in [0.5, 0.6) is 11.5 Å². The molecule has 1 aromatic carbocycles. The van der Waals surface area contributed by atoms with Crippen LogP contribution in [0.25, 0.3) is 5.69 Å². The van der Waals surface area contributed by atoms with Gasteiger partial charge in [0.25, 0.3) is 11.5 Å². The summed E-state index contributed by atoms with van der Waals surface area (Å²) >= 11 is 0. The summed E-state index contributed by atoms with van der Waals surface area (Å²) in [6, 6.07) is 7.16. The topological polar surface area (TPSA) is 81.6 Å². The number of piperidine rings is 1. The normalized spacial score (nSPS) is 15.9. The van der Waals surface area contributed by atoms with E-state index in [1.807, 2.05) is 0 Å². The Morgan fingerprint density at radius 3 is 2.70 bits per heavy atom. The zero-order valence-corrected chi connectivity index (χ0v) is 15.8. The Bertz CT molecular complexity index is 906. The molecule has 4 rings (SSSR count). The van der Waals surface area contributed by atoms with Crippen LogP contribution in [0.1, 0.15) is 28.8 Å². The lowest BCUT2D eigenvalue weighted by molar-refractivity contribution is 0.0927. The molecule has 7 nitrogen and oxygen atoms in total. The lowest BCUT2D eigenvalue weighted by atomic mass is 10.1. The second kappa shape index (κ2) is 8.02. The van der Waals surface area contributed by atoms with Gasteiger partial charge in [-0.2, -0.15) is 0 Å². The average molecular weight is 392 g/mol. The van der Waals surface area contributed by atoms with E-state index in [4.69, 9.17) is 9.47 Å². The Labute approximate surface area is 163 Å². The second-order valence-corrected chi connectivity index (χ2v) is 6.58. The van der Waals surface area contributed by atoms with Crippen LogP contribution in [0.3, 0.4) is 0 Å². The van der Waals surface area contributed by atoms with Gasteiger partial charge in [-0.05, 0) is 56.6 Å². The molecule has 2 aliphatic rings. The van der Waals surface area contributed by atoms with Gasteiger partial charge in [0.15, 0.2) is 11.5 Å². The Kier molecular flexibility index (Phi) is 5.72. The number of carbonyl (C=O) groups excluding carboxylic acids is 1. The van der Waals surface area contributed by atoms with Crippen LogP contribution in [0, 0.1) is 6.92 Å². The van der Waals surface area contributed by atoms with E-state index in [0.29, 0.717) is 22.7 Å². The van der Waals surface area contributed by atoms with Gasteiger partial charge in [-0.3, -0.25) is 14.2 Å². The molecule has 144 valence electrons. The van der Waals surface area contributed by atoms with Gasteiger partial charge in [0.1, 0.15) is 5.56 Å². The van der Waals surface area contributed by atoms with E-state index in [1.165, 1.54) is 4.57 Å². The molecule has 0 bridgehead atoms. The van der Waals surface area contributed by atoms with Crippen molar-refractivity contribution in [3.63, 3.8) is 0 Å². The number of nitrogens with one attached hydrogen (secondary N) is 2. The number of nitrogens with zero attached hydrogens (tertiary/aromatic N) is 1. The van der Waals surface area contributed by atoms with Gasteiger partial charge >= 0.3 is 0 Å². The van der Waals surface area contributed by atoms with Crippen molar-refractivity contribution in [1.82, 2.24) is 15.2 Å². The summed E-state index contributed by atoms with van der Waals surface area (Å²) < 4.78 is 12.2. The summed E-state index contributed by atoms with van der Waals surface area (Å²) in [6.45, 7) is 3.70. The Hall–Kier alpha value is -2.51. The minimum atomic E-state index is -0.338. The number of rotatable bonds is 3. The fourth-order valence-electron chi connectivity index (χ4n) is 3.36. The average Bonchev–Trinajstić information content (AvgIpc) is 3.10. The van der Waals surface area contributed by atoms with Crippen molar-refractivity contribution in [3.8, 4) is 17.2 Å². The predicted molar refractivity (Wildman–Crippen MR) is 104 cm³/mol. The van der Waals surface area contributed by atoms with Crippen molar-refractivity contribution in [3.05, 3.63) is 51.9 Å². The van der Waals surface area contributed by atoms with Crippen LogP contribution >= 0.6 is 12.4 Å². The predicted octanol–water partition coefficient (Wildman–Crippen LogP) is 1.78. The van der Waals surface area contributed by atoms with E-state index in [2.05, 4.69) is 10.6 Å². The van der Waals surface area contributed by atoms with Crippen LogP contribution < -0.4 is 25.7 Å². The summed E-state index contributed by atoms with van der Waals surface area (Å²) in [5, 5.41) is 6.26. The fraction of sp³-hybridized carbons (Fsp3) is 0.368. The van der Waals surface area contributed by atoms with Crippen molar-refractivity contribution in [1.29, 1.82) is 0 Å². The molecule has 3 heterocycles. The van der Waals surface area contributed by atoms with E-state index < -0.39 is 0 Å². The number of aryl methyl sites for hydroxylation is 1. The number of hydrogen-bond donors (Lipinski definition) is 2. The number of fused-ring (bicyclic) bond motifs is 1. The van der Waals surface area contributed by atoms with Gasteiger partial charge in [-0.1, -0.05) is 0 Å². The van der Waals surface area contributed by atoms with Gasteiger partial charge < -0.3 is 20.1 Å². The van der Waals surface area contributed by atoms with E-state index in [1.54, 1.807) is 37.4 Å². The lowest BCUT2D eigenvalue weighted by Gasteiger charge is -2.24. The zero-order valence-electron chi connectivity index (χ0n) is 15.0. The maximum Gasteiger partial charge on any atom is 0.268 e. The number of ether oxygens (including phenoxy) is 2. The molecule has 0 atom stereocenters. The molecule has 8 heteroatoms. The molecule has 0 unspecified atom stereocenters. The molecule has 1 fully saturated rings. The molecule has 2 N–H and O–H groups in total. The first-order chi connectivity index (χ1) is 12.6.